The Labute approximate surface area is 96.5 Å². The Morgan fingerprint density at radius 1 is 0.875 bits per heavy atom. The summed E-state index contributed by atoms with van der Waals surface area (Å²) >= 11 is 0. The molecule has 1 radical (unpaired) electrons. The molecular formula is C15H16N. The van der Waals surface area contributed by atoms with E-state index in [1.807, 2.05) is 0 Å². The first-order chi connectivity index (χ1) is 7.95. The Bertz CT molecular complexity index is 478. The molecule has 0 atom stereocenters. The maximum Gasteiger partial charge on any atom is 0.0139 e. The highest BCUT2D eigenvalue weighted by Gasteiger charge is 2.17. The second kappa shape index (κ2) is 4.26. The predicted molar refractivity (Wildman–Crippen MR) is 67.8 cm³/mol. The number of rotatable bonds is 1. The normalized spacial score (nSPS) is 17.8. The molecule has 81 valence electrons. The minimum Gasteiger partial charge on any atom is -0.242 e. The van der Waals surface area contributed by atoms with Crippen molar-refractivity contribution in [1.82, 2.24) is 5.32 Å². The zero-order chi connectivity index (χ0) is 10.8. The summed E-state index contributed by atoms with van der Waals surface area (Å²) in [6.45, 7) is 2.07. The largest absolute Gasteiger partial charge is 0.242 e. The van der Waals surface area contributed by atoms with Crippen molar-refractivity contribution in [2.45, 2.75) is 18.8 Å². The maximum atomic E-state index is 4.43. The molecule has 1 heterocycles. The van der Waals surface area contributed by atoms with Gasteiger partial charge in [0.15, 0.2) is 0 Å². The van der Waals surface area contributed by atoms with Crippen LogP contribution >= 0.6 is 0 Å². The first-order valence-corrected chi connectivity index (χ1v) is 6.06. The molecule has 2 aromatic rings. The number of benzene rings is 2. The van der Waals surface area contributed by atoms with Gasteiger partial charge in [-0.25, -0.2) is 5.32 Å². The molecule has 1 heteroatoms. The van der Waals surface area contributed by atoms with Gasteiger partial charge in [-0.3, -0.25) is 0 Å². The van der Waals surface area contributed by atoms with Crippen LogP contribution in [0.15, 0.2) is 42.5 Å². The standard InChI is InChI=1S/C15H16N/c1-2-6-14-12(4-1)5-3-7-15(14)13-8-10-16-11-9-13/h1-7,13H,8-11H2. The van der Waals surface area contributed by atoms with Gasteiger partial charge in [0.25, 0.3) is 0 Å². The molecule has 16 heavy (non-hydrogen) atoms. The molecule has 3 rings (SSSR count). The molecule has 1 aliphatic heterocycles. The SMILES string of the molecule is c1ccc2c(C3CC[N]CC3)cccc2c1. The lowest BCUT2D eigenvalue weighted by Crippen LogP contribution is -2.21. The lowest BCUT2D eigenvalue weighted by atomic mass is 9.87. The van der Waals surface area contributed by atoms with E-state index < -0.39 is 0 Å². The molecule has 1 saturated heterocycles. The molecule has 2 aromatic carbocycles. The van der Waals surface area contributed by atoms with Gasteiger partial charge in [-0.1, -0.05) is 42.5 Å². The van der Waals surface area contributed by atoms with Gasteiger partial charge in [-0.05, 0) is 35.1 Å². The smallest absolute Gasteiger partial charge is 0.0139 e. The first-order valence-electron chi connectivity index (χ1n) is 6.06. The Kier molecular flexibility index (Phi) is 2.63. The van der Waals surface area contributed by atoms with Crippen molar-refractivity contribution in [2.75, 3.05) is 13.1 Å². The molecule has 0 bridgehead atoms. The molecule has 1 nitrogen and oxygen atoms in total. The highest BCUT2D eigenvalue weighted by Crippen LogP contribution is 2.31. The van der Waals surface area contributed by atoms with E-state index in [0.29, 0.717) is 5.92 Å². The van der Waals surface area contributed by atoms with E-state index in [2.05, 4.69) is 47.8 Å². The molecule has 0 aliphatic carbocycles. The van der Waals surface area contributed by atoms with Crippen LogP contribution in [0.2, 0.25) is 0 Å². The topological polar surface area (TPSA) is 14.1 Å². The molecule has 0 saturated carbocycles. The van der Waals surface area contributed by atoms with Crippen LogP contribution in [0.3, 0.4) is 0 Å². The van der Waals surface area contributed by atoms with Crippen molar-refractivity contribution >= 4 is 10.8 Å². The summed E-state index contributed by atoms with van der Waals surface area (Å²) in [5.41, 5.74) is 1.52. The van der Waals surface area contributed by atoms with E-state index in [-0.39, 0.29) is 0 Å². The second-order valence-electron chi connectivity index (χ2n) is 4.51. The van der Waals surface area contributed by atoms with Crippen molar-refractivity contribution < 1.29 is 0 Å². The number of nitrogens with zero attached hydrogens (tertiary/aromatic N) is 1. The zero-order valence-electron chi connectivity index (χ0n) is 9.39. The van der Waals surface area contributed by atoms with Gasteiger partial charge < -0.3 is 0 Å². The van der Waals surface area contributed by atoms with Gasteiger partial charge in [0.05, 0.1) is 0 Å². The van der Waals surface area contributed by atoms with Crippen molar-refractivity contribution in [3.63, 3.8) is 0 Å². The predicted octanol–water partition coefficient (Wildman–Crippen LogP) is 3.32. The summed E-state index contributed by atoms with van der Waals surface area (Å²) in [4.78, 5) is 0. The van der Waals surface area contributed by atoms with Crippen molar-refractivity contribution in [1.29, 1.82) is 0 Å². The molecule has 0 N–H and O–H groups in total. The summed E-state index contributed by atoms with van der Waals surface area (Å²) in [6, 6.07) is 15.4. The lowest BCUT2D eigenvalue weighted by molar-refractivity contribution is 0.455. The third kappa shape index (κ3) is 1.72. The maximum absolute atomic E-state index is 4.43. The fourth-order valence-corrected chi connectivity index (χ4v) is 2.67. The first kappa shape index (κ1) is 9.86. The van der Waals surface area contributed by atoms with Crippen LogP contribution < -0.4 is 5.32 Å². The molecule has 0 spiro atoms. The Morgan fingerprint density at radius 3 is 2.50 bits per heavy atom. The zero-order valence-corrected chi connectivity index (χ0v) is 9.39. The van der Waals surface area contributed by atoms with E-state index in [0.717, 1.165) is 13.1 Å². The third-order valence-electron chi connectivity index (χ3n) is 3.53. The molecule has 0 unspecified atom stereocenters. The van der Waals surface area contributed by atoms with E-state index >= 15 is 0 Å². The van der Waals surface area contributed by atoms with Crippen LogP contribution in [0, 0.1) is 0 Å². The minimum absolute atomic E-state index is 0.712. The fraction of sp³-hybridized carbons (Fsp3) is 0.333. The Balaban J connectivity index is 2.08. The van der Waals surface area contributed by atoms with Crippen LogP contribution in [0.25, 0.3) is 10.8 Å². The van der Waals surface area contributed by atoms with Gasteiger partial charge >= 0.3 is 0 Å². The van der Waals surface area contributed by atoms with E-state index in [4.69, 9.17) is 0 Å². The number of hydrogen-bond acceptors (Lipinski definition) is 0. The summed E-state index contributed by atoms with van der Waals surface area (Å²) < 4.78 is 0. The highest BCUT2D eigenvalue weighted by atomic mass is 14.9. The van der Waals surface area contributed by atoms with Gasteiger partial charge in [0, 0.05) is 13.1 Å². The number of hydrogen-bond donors (Lipinski definition) is 0. The van der Waals surface area contributed by atoms with E-state index in [1.54, 1.807) is 0 Å². The van der Waals surface area contributed by atoms with Crippen molar-refractivity contribution in [2.24, 2.45) is 0 Å². The Morgan fingerprint density at radius 2 is 1.62 bits per heavy atom. The summed E-state index contributed by atoms with van der Waals surface area (Å²) in [6.07, 6.45) is 2.43. The summed E-state index contributed by atoms with van der Waals surface area (Å²) in [5.74, 6) is 0.712. The lowest BCUT2D eigenvalue weighted by Gasteiger charge is -2.23. The van der Waals surface area contributed by atoms with Crippen LogP contribution in [0.5, 0.6) is 0 Å². The average molecular weight is 210 g/mol. The summed E-state index contributed by atoms with van der Waals surface area (Å²) in [7, 11) is 0. The van der Waals surface area contributed by atoms with Crippen molar-refractivity contribution in [3.8, 4) is 0 Å². The van der Waals surface area contributed by atoms with Gasteiger partial charge in [0.1, 0.15) is 0 Å². The van der Waals surface area contributed by atoms with E-state index in [9.17, 15) is 0 Å². The average Bonchev–Trinajstić information content (AvgIpc) is 2.39. The van der Waals surface area contributed by atoms with Gasteiger partial charge in [-0.15, -0.1) is 0 Å². The van der Waals surface area contributed by atoms with Gasteiger partial charge in [0.2, 0.25) is 0 Å². The monoisotopic (exact) mass is 210 g/mol. The molecule has 0 amide bonds. The molecule has 1 aliphatic rings. The Hall–Kier alpha value is -1.34. The number of fused-ring (bicyclic) bond motifs is 1. The second-order valence-corrected chi connectivity index (χ2v) is 4.51. The molecule has 1 fully saturated rings. The third-order valence-corrected chi connectivity index (χ3v) is 3.53. The highest BCUT2D eigenvalue weighted by molar-refractivity contribution is 5.86. The van der Waals surface area contributed by atoms with Gasteiger partial charge in [-0.2, -0.15) is 0 Å². The summed E-state index contributed by atoms with van der Waals surface area (Å²) in [5, 5.41) is 7.22. The van der Waals surface area contributed by atoms with E-state index in [1.165, 1.54) is 29.2 Å². The van der Waals surface area contributed by atoms with Crippen LogP contribution in [0.4, 0.5) is 0 Å². The van der Waals surface area contributed by atoms with Crippen LogP contribution in [0.1, 0.15) is 24.3 Å². The minimum atomic E-state index is 0.712. The quantitative estimate of drug-likeness (QED) is 0.685. The van der Waals surface area contributed by atoms with Crippen LogP contribution in [-0.4, -0.2) is 13.1 Å². The fourth-order valence-electron chi connectivity index (χ4n) is 2.67. The number of piperidine rings is 1. The molecular weight excluding hydrogens is 194 g/mol. The van der Waals surface area contributed by atoms with Crippen LogP contribution in [-0.2, 0) is 0 Å². The molecule has 0 aromatic heterocycles. The van der Waals surface area contributed by atoms with Crippen molar-refractivity contribution in [3.05, 3.63) is 48.0 Å².